The quantitative estimate of drug-likeness (QED) is 0.814. The van der Waals surface area contributed by atoms with Gasteiger partial charge in [0.15, 0.2) is 0 Å². The minimum atomic E-state index is 0.188. The van der Waals surface area contributed by atoms with Crippen LogP contribution in [0.15, 0.2) is 18.2 Å². The zero-order valence-electron chi connectivity index (χ0n) is 11.5. The van der Waals surface area contributed by atoms with Crippen LogP contribution in [0.3, 0.4) is 0 Å². The number of morpholine rings is 1. The molecule has 2 fully saturated rings. The van der Waals surface area contributed by atoms with Crippen LogP contribution in [-0.4, -0.2) is 43.3 Å². The van der Waals surface area contributed by atoms with Crippen molar-refractivity contribution in [2.24, 2.45) is 0 Å². The van der Waals surface area contributed by atoms with Crippen LogP contribution in [0.5, 0.6) is 0 Å². The third-order valence-electron chi connectivity index (χ3n) is 4.15. The summed E-state index contributed by atoms with van der Waals surface area (Å²) in [5.41, 5.74) is 7.71. The number of hydrogen-bond acceptors (Lipinski definition) is 5. The van der Waals surface area contributed by atoms with Crippen LogP contribution in [0.25, 0.3) is 0 Å². The van der Waals surface area contributed by atoms with E-state index >= 15 is 0 Å². The van der Waals surface area contributed by atoms with Gasteiger partial charge in [0.05, 0.1) is 24.0 Å². The van der Waals surface area contributed by atoms with Gasteiger partial charge >= 0.3 is 0 Å². The molecule has 0 bridgehead atoms. The van der Waals surface area contributed by atoms with E-state index in [4.69, 9.17) is 15.7 Å². The molecule has 2 atom stereocenters. The smallest absolute Gasteiger partial charge is 0.101 e. The molecule has 3 rings (SSSR count). The lowest BCUT2D eigenvalue weighted by molar-refractivity contribution is -0.0415. The Balaban J connectivity index is 1.58. The third-order valence-corrected chi connectivity index (χ3v) is 4.15. The van der Waals surface area contributed by atoms with Crippen LogP contribution < -0.4 is 11.1 Å². The van der Waals surface area contributed by atoms with E-state index in [1.165, 1.54) is 19.4 Å². The molecule has 0 aliphatic carbocycles. The molecule has 2 aliphatic heterocycles. The average Bonchev–Trinajstić information content (AvgIpc) is 2.93. The Morgan fingerprint density at radius 1 is 1.50 bits per heavy atom. The highest BCUT2D eigenvalue weighted by atomic mass is 16.5. The van der Waals surface area contributed by atoms with Gasteiger partial charge in [-0.2, -0.15) is 5.26 Å². The fourth-order valence-corrected chi connectivity index (χ4v) is 3.04. The molecule has 106 valence electrons. The second kappa shape index (κ2) is 5.70. The minimum absolute atomic E-state index is 0.188. The predicted molar refractivity (Wildman–Crippen MR) is 78.4 cm³/mol. The summed E-state index contributed by atoms with van der Waals surface area (Å²) < 4.78 is 5.90. The van der Waals surface area contributed by atoms with Gasteiger partial charge in [0.2, 0.25) is 0 Å². The Bertz CT molecular complexity index is 525. The molecule has 2 unspecified atom stereocenters. The molecule has 2 aliphatic rings. The molecule has 0 saturated carbocycles. The van der Waals surface area contributed by atoms with Crippen molar-refractivity contribution in [3.05, 3.63) is 23.8 Å². The number of nitrogens with zero attached hydrogens (tertiary/aromatic N) is 2. The maximum absolute atomic E-state index is 9.12. The van der Waals surface area contributed by atoms with E-state index < -0.39 is 0 Å². The molecule has 0 amide bonds. The van der Waals surface area contributed by atoms with Crippen molar-refractivity contribution < 1.29 is 4.74 Å². The summed E-state index contributed by atoms with van der Waals surface area (Å²) in [7, 11) is 0. The first kappa shape index (κ1) is 13.2. The van der Waals surface area contributed by atoms with Crippen molar-refractivity contribution in [3.8, 4) is 6.07 Å². The van der Waals surface area contributed by atoms with E-state index in [1.807, 2.05) is 6.07 Å². The lowest BCUT2D eigenvalue weighted by Crippen LogP contribution is -2.48. The number of nitrogen functional groups attached to an aromatic ring is 1. The first-order chi connectivity index (χ1) is 9.76. The number of anilines is 2. The monoisotopic (exact) mass is 272 g/mol. The van der Waals surface area contributed by atoms with Gasteiger partial charge in [-0.25, -0.2) is 0 Å². The van der Waals surface area contributed by atoms with E-state index in [-0.39, 0.29) is 6.10 Å². The fraction of sp³-hybridized carbons (Fsp3) is 0.533. The Hall–Kier alpha value is -1.77. The zero-order valence-corrected chi connectivity index (χ0v) is 11.5. The molecule has 2 saturated heterocycles. The number of fused-ring (bicyclic) bond motifs is 1. The van der Waals surface area contributed by atoms with Gasteiger partial charge in [-0.1, -0.05) is 0 Å². The fourth-order valence-electron chi connectivity index (χ4n) is 3.04. The van der Waals surface area contributed by atoms with E-state index in [1.54, 1.807) is 12.1 Å². The van der Waals surface area contributed by atoms with Gasteiger partial charge in [0.1, 0.15) is 6.07 Å². The van der Waals surface area contributed by atoms with Gasteiger partial charge in [-0.15, -0.1) is 0 Å². The maximum atomic E-state index is 9.12. The van der Waals surface area contributed by atoms with Gasteiger partial charge in [-0.3, -0.25) is 4.90 Å². The van der Waals surface area contributed by atoms with Crippen molar-refractivity contribution in [1.82, 2.24) is 4.90 Å². The maximum Gasteiger partial charge on any atom is 0.101 e. The standard InChI is InChI=1S/C15H20N4O/c16-7-11-6-12(17)3-4-15(11)18-8-14-9-19-5-1-2-13(19)10-20-14/h3-4,6,13-14,18H,1-2,5,8-10,17H2. The molecule has 0 radical (unpaired) electrons. The van der Waals surface area contributed by atoms with Crippen molar-refractivity contribution >= 4 is 11.4 Å². The van der Waals surface area contributed by atoms with Crippen LogP contribution in [0, 0.1) is 11.3 Å². The first-order valence-electron chi connectivity index (χ1n) is 7.15. The minimum Gasteiger partial charge on any atom is -0.399 e. The number of nitriles is 1. The number of nitrogens with two attached hydrogens (primary N) is 1. The molecule has 3 N–H and O–H groups in total. The molecule has 20 heavy (non-hydrogen) atoms. The van der Waals surface area contributed by atoms with E-state index in [2.05, 4.69) is 16.3 Å². The van der Waals surface area contributed by atoms with Crippen molar-refractivity contribution in [3.63, 3.8) is 0 Å². The van der Waals surface area contributed by atoms with E-state index in [0.717, 1.165) is 25.4 Å². The largest absolute Gasteiger partial charge is 0.399 e. The topological polar surface area (TPSA) is 74.3 Å². The van der Waals surface area contributed by atoms with Crippen LogP contribution in [0.4, 0.5) is 11.4 Å². The molecule has 5 nitrogen and oxygen atoms in total. The summed E-state index contributed by atoms with van der Waals surface area (Å²) in [6, 6.07) is 8.15. The van der Waals surface area contributed by atoms with E-state index in [9.17, 15) is 0 Å². The normalized spacial score (nSPS) is 25.9. The predicted octanol–water partition coefficient (Wildman–Crippen LogP) is 1.42. The van der Waals surface area contributed by atoms with Crippen molar-refractivity contribution in [2.45, 2.75) is 25.0 Å². The molecule has 5 heteroatoms. The van der Waals surface area contributed by atoms with Gasteiger partial charge in [0.25, 0.3) is 0 Å². The van der Waals surface area contributed by atoms with Crippen LogP contribution >= 0.6 is 0 Å². The summed E-state index contributed by atoms with van der Waals surface area (Å²) in [6.07, 6.45) is 2.73. The second-order valence-electron chi connectivity index (χ2n) is 5.54. The number of ether oxygens (including phenoxy) is 1. The Kier molecular flexibility index (Phi) is 3.77. The number of nitrogens with one attached hydrogen (secondary N) is 1. The lowest BCUT2D eigenvalue weighted by Gasteiger charge is -2.35. The van der Waals surface area contributed by atoms with Gasteiger partial charge in [0, 0.05) is 24.8 Å². The number of benzene rings is 1. The number of rotatable bonds is 3. The van der Waals surface area contributed by atoms with Gasteiger partial charge in [-0.05, 0) is 37.6 Å². The second-order valence-corrected chi connectivity index (χ2v) is 5.54. The Morgan fingerprint density at radius 2 is 2.40 bits per heavy atom. The summed E-state index contributed by atoms with van der Waals surface area (Å²) in [4.78, 5) is 2.52. The summed E-state index contributed by atoms with van der Waals surface area (Å²) >= 11 is 0. The lowest BCUT2D eigenvalue weighted by atomic mass is 10.1. The highest BCUT2D eigenvalue weighted by Crippen LogP contribution is 2.23. The Morgan fingerprint density at radius 3 is 3.25 bits per heavy atom. The molecule has 0 aromatic heterocycles. The zero-order chi connectivity index (χ0) is 13.9. The number of hydrogen-bond donors (Lipinski definition) is 2. The molecule has 0 spiro atoms. The third kappa shape index (κ3) is 2.72. The molecular formula is C15H20N4O. The summed E-state index contributed by atoms with van der Waals surface area (Å²) in [5.74, 6) is 0. The summed E-state index contributed by atoms with van der Waals surface area (Å²) in [6.45, 7) is 3.73. The Labute approximate surface area is 119 Å². The van der Waals surface area contributed by atoms with Crippen LogP contribution in [-0.2, 0) is 4.74 Å². The van der Waals surface area contributed by atoms with Crippen LogP contribution in [0.2, 0.25) is 0 Å². The molecule has 2 heterocycles. The van der Waals surface area contributed by atoms with Crippen LogP contribution in [0.1, 0.15) is 18.4 Å². The average molecular weight is 272 g/mol. The van der Waals surface area contributed by atoms with E-state index in [0.29, 0.717) is 17.3 Å². The highest BCUT2D eigenvalue weighted by Gasteiger charge is 2.31. The molecular weight excluding hydrogens is 252 g/mol. The first-order valence-corrected chi connectivity index (χ1v) is 7.15. The van der Waals surface area contributed by atoms with Crippen molar-refractivity contribution in [1.29, 1.82) is 5.26 Å². The molecule has 1 aromatic rings. The summed E-state index contributed by atoms with van der Waals surface area (Å²) in [5, 5.41) is 12.4. The highest BCUT2D eigenvalue weighted by molar-refractivity contribution is 5.62. The molecule has 1 aromatic carbocycles. The van der Waals surface area contributed by atoms with Crippen molar-refractivity contribution in [2.75, 3.05) is 37.3 Å². The van der Waals surface area contributed by atoms with Gasteiger partial charge < -0.3 is 15.8 Å². The SMILES string of the molecule is N#Cc1cc(N)ccc1NCC1CN2CCCC2CO1.